The van der Waals surface area contributed by atoms with Crippen molar-refractivity contribution in [2.24, 2.45) is 17.4 Å². The highest BCUT2D eigenvalue weighted by atomic mass is 16.2. The van der Waals surface area contributed by atoms with E-state index in [1.165, 1.54) is 0 Å². The van der Waals surface area contributed by atoms with E-state index >= 15 is 0 Å². The maximum atomic E-state index is 13.1. The lowest BCUT2D eigenvalue weighted by Gasteiger charge is -2.50. The van der Waals surface area contributed by atoms with E-state index in [9.17, 15) is 14.4 Å². The molecule has 1 saturated carbocycles. The van der Waals surface area contributed by atoms with Crippen LogP contribution in [-0.4, -0.2) is 46.8 Å². The summed E-state index contributed by atoms with van der Waals surface area (Å²) in [5, 5.41) is 3.08. The molecule has 152 valence electrons. The van der Waals surface area contributed by atoms with Crippen molar-refractivity contribution >= 4 is 17.7 Å². The van der Waals surface area contributed by atoms with E-state index in [1.54, 1.807) is 11.8 Å². The van der Waals surface area contributed by atoms with Crippen LogP contribution in [0.15, 0.2) is 30.3 Å². The van der Waals surface area contributed by atoms with E-state index < -0.39 is 29.9 Å². The lowest BCUT2D eigenvalue weighted by molar-refractivity contribution is -0.153. The molecule has 4 rings (SSSR count). The highest BCUT2D eigenvalue weighted by molar-refractivity contribution is 5.90. The predicted octanol–water partition coefficient (Wildman–Crippen LogP) is 0.706. The highest BCUT2D eigenvalue weighted by Gasteiger charge is 2.47. The number of carbonyl (C=O) groups excluding carboxylic acids is 3. The molecule has 0 spiro atoms. The van der Waals surface area contributed by atoms with Crippen LogP contribution in [0.25, 0.3) is 0 Å². The summed E-state index contributed by atoms with van der Waals surface area (Å²) in [6.45, 7) is 1.72. The SMILES string of the molecule is C[C@H](N[C@@H](CCc1ccccc1)C(N)=O)C(=O)N1C2CCC(CC2)[C@H]1C(N)=O. The van der Waals surface area contributed by atoms with Crippen molar-refractivity contribution in [2.45, 2.75) is 69.6 Å². The maximum Gasteiger partial charge on any atom is 0.240 e. The third-order valence-corrected chi connectivity index (χ3v) is 6.16. The van der Waals surface area contributed by atoms with Crippen LogP contribution in [0.3, 0.4) is 0 Å². The first-order chi connectivity index (χ1) is 13.4. The Labute approximate surface area is 165 Å². The van der Waals surface area contributed by atoms with Gasteiger partial charge in [0.15, 0.2) is 0 Å². The third kappa shape index (κ3) is 4.35. The second-order valence-corrected chi connectivity index (χ2v) is 8.03. The zero-order chi connectivity index (χ0) is 20.3. The van der Waals surface area contributed by atoms with Gasteiger partial charge in [-0.25, -0.2) is 0 Å². The molecule has 3 aliphatic rings. The molecule has 5 N–H and O–H groups in total. The lowest BCUT2D eigenvalue weighted by Crippen LogP contribution is -2.65. The predicted molar refractivity (Wildman–Crippen MR) is 106 cm³/mol. The largest absolute Gasteiger partial charge is 0.368 e. The first-order valence-electron chi connectivity index (χ1n) is 10.1. The summed E-state index contributed by atoms with van der Waals surface area (Å²) in [4.78, 5) is 38.7. The summed E-state index contributed by atoms with van der Waals surface area (Å²) in [7, 11) is 0. The van der Waals surface area contributed by atoms with Gasteiger partial charge in [0.05, 0.1) is 12.1 Å². The summed E-state index contributed by atoms with van der Waals surface area (Å²) in [5.74, 6) is -0.958. The summed E-state index contributed by atoms with van der Waals surface area (Å²) in [6, 6.07) is 8.10. The summed E-state index contributed by atoms with van der Waals surface area (Å²) >= 11 is 0. The fourth-order valence-corrected chi connectivity index (χ4v) is 4.70. The number of nitrogens with two attached hydrogens (primary N) is 2. The van der Waals surface area contributed by atoms with Gasteiger partial charge in [0.25, 0.3) is 0 Å². The van der Waals surface area contributed by atoms with Crippen LogP contribution in [0, 0.1) is 5.92 Å². The van der Waals surface area contributed by atoms with E-state index in [4.69, 9.17) is 11.5 Å². The molecule has 2 aliphatic heterocycles. The van der Waals surface area contributed by atoms with Crippen molar-refractivity contribution in [3.63, 3.8) is 0 Å². The molecule has 7 heteroatoms. The van der Waals surface area contributed by atoms with Gasteiger partial charge in [0.1, 0.15) is 6.04 Å². The van der Waals surface area contributed by atoms with Gasteiger partial charge in [-0.3, -0.25) is 19.7 Å². The fraction of sp³-hybridized carbons (Fsp3) is 0.571. The van der Waals surface area contributed by atoms with Crippen molar-refractivity contribution in [3.05, 3.63) is 35.9 Å². The number of rotatable bonds is 8. The maximum absolute atomic E-state index is 13.1. The second kappa shape index (κ2) is 8.73. The van der Waals surface area contributed by atoms with Gasteiger partial charge in [-0.05, 0) is 56.9 Å². The number of nitrogens with zero attached hydrogens (tertiary/aromatic N) is 1. The minimum absolute atomic E-state index is 0.0515. The van der Waals surface area contributed by atoms with Gasteiger partial charge in [-0.15, -0.1) is 0 Å². The van der Waals surface area contributed by atoms with E-state index in [1.807, 2.05) is 30.3 Å². The minimum atomic E-state index is -0.617. The van der Waals surface area contributed by atoms with E-state index in [-0.39, 0.29) is 17.9 Å². The standard InChI is InChI=1S/C21H30N4O3/c1-13(24-17(19(22)26)12-7-14-5-3-2-4-6-14)21(28)25-16-10-8-15(9-11-16)18(25)20(23)27/h2-6,13,15-18,24H,7-12H2,1H3,(H2,22,26)(H2,23,27)/t13-,15?,16?,17-,18-/m0/s1. The summed E-state index contributed by atoms with van der Waals surface area (Å²) in [6.07, 6.45) is 4.86. The first kappa shape index (κ1) is 20.3. The molecular weight excluding hydrogens is 356 g/mol. The minimum Gasteiger partial charge on any atom is -0.368 e. The van der Waals surface area contributed by atoms with Crippen molar-refractivity contribution in [3.8, 4) is 0 Å². The molecule has 1 aromatic carbocycles. The van der Waals surface area contributed by atoms with E-state index in [0.717, 1.165) is 31.2 Å². The summed E-state index contributed by atoms with van der Waals surface area (Å²) < 4.78 is 0. The van der Waals surface area contributed by atoms with Crippen molar-refractivity contribution in [1.29, 1.82) is 0 Å². The number of primary amides is 2. The normalized spacial score (nSPS) is 25.9. The molecule has 0 aromatic heterocycles. The number of amides is 3. The molecule has 2 saturated heterocycles. The zero-order valence-corrected chi connectivity index (χ0v) is 16.3. The van der Waals surface area contributed by atoms with Crippen LogP contribution < -0.4 is 16.8 Å². The topological polar surface area (TPSA) is 119 Å². The van der Waals surface area contributed by atoms with Crippen LogP contribution in [0.4, 0.5) is 0 Å². The number of piperidine rings is 2. The van der Waals surface area contributed by atoms with Crippen LogP contribution in [0.2, 0.25) is 0 Å². The Morgan fingerprint density at radius 1 is 1.11 bits per heavy atom. The van der Waals surface area contributed by atoms with Crippen molar-refractivity contribution in [2.75, 3.05) is 0 Å². The lowest BCUT2D eigenvalue weighted by atomic mass is 9.74. The second-order valence-electron chi connectivity index (χ2n) is 8.03. The van der Waals surface area contributed by atoms with Gasteiger partial charge in [0, 0.05) is 6.04 Å². The molecule has 0 unspecified atom stereocenters. The Morgan fingerprint density at radius 2 is 1.75 bits per heavy atom. The van der Waals surface area contributed by atoms with Crippen LogP contribution in [0.1, 0.15) is 44.6 Å². The molecule has 3 fully saturated rings. The monoisotopic (exact) mass is 386 g/mol. The highest BCUT2D eigenvalue weighted by Crippen LogP contribution is 2.39. The number of carbonyl (C=O) groups is 3. The number of fused-ring (bicyclic) bond motifs is 3. The van der Waals surface area contributed by atoms with Crippen LogP contribution in [0.5, 0.6) is 0 Å². The van der Waals surface area contributed by atoms with Gasteiger partial charge in [0.2, 0.25) is 17.7 Å². The third-order valence-electron chi connectivity index (χ3n) is 6.16. The smallest absolute Gasteiger partial charge is 0.240 e. The van der Waals surface area contributed by atoms with Crippen LogP contribution >= 0.6 is 0 Å². The number of benzene rings is 1. The Balaban J connectivity index is 1.65. The zero-order valence-electron chi connectivity index (χ0n) is 16.3. The molecular formula is C21H30N4O3. The van der Waals surface area contributed by atoms with Crippen LogP contribution in [-0.2, 0) is 20.8 Å². The number of hydrogen-bond donors (Lipinski definition) is 3. The van der Waals surface area contributed by atoms with Crippen molar-refractivity contribution in [1.82, 2.24) is 10.2 Å². The molecule has 28 heavy (non-hydrogen) atoms. The molecule has 0 radical (unpaired) electrons. The number of aryl methyl sites for hydroxylation is 1. The van der Waals surface area contributed by atoms with Gasteiger partial charge in [-0.2, -0.15) is 0 Å². The van der Waals surface area contributed by atoms with E-state index in [2.05, 4.69) is 5.32 Å². The number of nitrogens with one attached hydrogen (secondary N) is 1. The quantitative estimate of drug-likeness (QED) is 0.609. The molecule has 3 atom stereocenters. The Morgan fingerprint density at radius 3 is 2.32 bits per heavy atom. The van der Waals surface area contributed by atoms with Gasteiger partial charge in [-0.1, -0.05) is 30.3 Å². The van der Waals surface area contributed by atoms with Gasteiger partial charge >= 0.3 is 0 Å². The Bertz CT molecular complexity index is 716. The van der Waals surface area contributed by atoms with E-state index in [0.29, 0.717) is 12.8 Å². The average molecular weight is 386 g/mol. The van der Waals surface area contributed by atoms with Gasteiger partial charge < -0.3 is 16.4 Å². The average Bonchev–Trinajstić information content (AvgIpc) is 2.70. The van der Waals surface area contributed by atoms with Crippen molar-refractivity contribution < 1.29 is 14.4 Å². The number of hydrogen-bond acceptors (Lipinski definition) is 4. The fourth-order valence-electron chi connectivity index (χ4n) is 4.70. The molecule has 7 nitrogen and oxygen atoms in total. The summed E-state index contributed by atoms with van der Waals surface area (Å²) in [5.41, 5.74) is 12.3. The molecule has 3 amide bonds. The Hall–Kier alpha value is -2.41. The molecule has 1 aliphatic carbocycles. The Kier molecular flexibility index (Phi) is 6.34. The molecule has 2 bridgehead atoms. The molecule has 2 heterocycles. The first-order valence-corrected chi connectivity index (χ1v) is 10.1. The molecule has 1 aromatic rings.